The number of hydrogen-bond acceptors (Lipinski definition) is 2. The van der Waals surface area contributed by atoms with Gasteiger partial charge in [-0.3, -0.25) is 4.99 Å². The van der Waals surface area contributed by atoms with Gasteiger partial charge < -0.3 is 15.4 Å². The largest absolute Gasteiger partial charge is 0.376 e. The molecule has 1 fully saturated rings. The molecule has 1 heterocycles. The van der Waals surface area contributed by atoms with Crippen LogP contribution in [-0.4, -0.2) is 38.8 Å². The molecule has 0 radical (unpaired) electrons. The topological polar surface area (TPSA) is 45.7 Å². The summed E-state index contributed by atoms with van der Waals surface area (Å²) in [6.07, 6.45) is 2.64. The molecule has 2 rings (SSSR count). The van der Waals surface area contributed by atoms with Gasteiger partial charge in [-0.25, -0.2) is 0 Å². The van der Waals surface area contributed by atoms with Crippen molar-refractivity contribution in [2.45, 2.75) is 38.7 Å². The fourth-order valence-electron chi connectivity index (χ4n) is 2.50. The van der Waals surface area contributed by atoms with E-state index in [1.807, 2.05) is 0 Å². The highest BCUT2D eigenvalue weighted by molar-refractivity contribution is 14.0. The molecule has 0 aromatic heterocycles. The molecule has 1 aromatic carbocycles. The number of ether oxygens (including phenoxy) is 1. The molecule has 22 heavy (non-hydrogen) atoms. The van der Waals surface area contributed by atoms with Gasteiger partial charge >= 0.3 is 0 Å². The Morgan fingerprint density at radius 1 is 1.32 bits per heavy atom. The number of aliphatic imine (C=N–C) groups is 1. The minimum absolute atomic E-state index is 0. The second kappa shape index (κ2) is 10.0. The first kappa shape index (κ1) is 19.2. The first-order valence-electron chi connectivity index (χ1n) is 7.81. The lowest BCUT2D eigenvalue weighted by molar-refractivity contribution is 0.114. The van der Waals surface area contributed by atoms with Gasteiger partial charge in [-0.15, -0.1) is 24.0 Å². The molecule has 0 spiro atoms. The lowest BCUT2D eigenvalue weighted by atomic mass is 10.0. The number of nitrogens with zero attached hydrogens (tertiary/aromatic N) is 1. The zero-order valence-corrected chi connectivity index (χ0v) is 16.1. The lowest BCUT2D eigenvalue weighted by Gasteiger charge is -2.18. The Bertz CT molecular complexity index is 455. The van der Waals surface area contributed by atoms with Crippen LogP contribution in [0.4, 0.5) is 0 Å². The maximum Gasteiger partial charge on any atom is 0.191 e. The van der Waals surface area contributed by atoms with Crippen LogP contribution in [0.5, 0.6) is 0 Å². The first-order valence-corrected chi connectivity index (χ1v) is 7.81. The molecule has 0 aliphatic carbocycles. The maximum absolute atomic E-state index is 5.61. The van der Waals surface area contributed by atoms with Crippen LogP contribution >= 0.6 is 24.0 Å². The number of hydrogen-bond donors (Lipinski definition) is 2. The Morgan fingerprint density at radius 3 is 2.64 bits per heavy atom. The van der Waals surface area contributed by atoms with Crippen molar-refractivity contribution >= 4 is 29.9 Å². The molecular formula is C17H28IN3O. The molecule has 124 valence electrons. The molecule has 1 saturated heterocycles. The minimum Gasteiger partial charge on any atom is -0.376 e. The van der Waals surface area contributed by atoms with Crippen molar-refractivity contribution < 1.29 is 4.74 Å². The monoisotopic (exact) mass is 417 g/mol. The van der Waals surface area contributed by atoms with Crippen molar-refractivity contribution in [3.8, 4) is 0 Å². The summed E-state index contributed by atoms with van der Waals surface area (Å²) in [5.41, 5.74) is 2.65. The molecule has 2 atom stereocenters. The quantitative estimate of drug-likeness (QED) is 0.440. The van der Waals surface area contributed by atoms with Crippen molar-refractivity contribution in [1.29, 1.82) is 0 Å². The van der Waals surface area contributed by atoms with Crippen LogP contribution in [0, 0.1) is 6.92 Å². The molecule has 2 unspecified atom stereocenters. The van der Waals surface area contributed by atoms with E-state index in [1.54, 1.807) is 7.05 Å². The minimum atomic E-state index is 0. The van der Waals surface area contributed by atoms with E-state index in [0.29, 0.717) is 12.0 Å². The van der Waals surface area contributed by atoms with Gasteiger partial charge in [0.25, 0.3) is 0 Å². The second-order valence-electron chi connectivity index (χ2n) is 5.78. The zero-order chi connectivity index (χ0) is 15.1. The Morgan fingerprint density at radius 2 is 2.05 bits per heavy atom. The smallest absolute Gasteiger partial charge is 0.191 e. The van der Waals surface area contributed by atoms with Crippen molar-refractivity contribution in [2.75, 3.05) is 26.7 Å². The van der Waals surface area contributed by atoms with Crippen LogP contribution in [0.2, 0.25) is 0 Å². The van der Waals surface area contributed by atoms with Gasteiger partial charge in [-0.2, -0.15) is 0 Å². The molecular weight excluding hydrogens is 389 g/mol. The maximum atomic E-state index is 5.61. The highest BCUT2D eigenvalue weighted by Crippen LogP contribution is 2.14. The number of halogens is 1. The number of guanidine groups is 1. The summed E-state index contributed by atoms with van der Waals surface area (Å²) in [6.45, 7) is 6.93. The average molecular weight is 417 g/mol. The number of nitrogens with one attached hydrogen (secondary N) is 2. The van der Waals surface area contributed by atoms with E-state index in [9.17, 15) is 0 Å². The van der Waals surface area contributed by atoms with Crippen LogP contribution < -0.4 is 10.6 Å². The average Bonchev–Trinajstić information content (AvgIpc) is 3.01. The van der Waals surface area contributed by atoms with E-state index >= 15 is 0 Å². The van der Waals surface area contributed by atoms with E-state index in [2.05, 4.69) is 53.7 Å². The highest BCUT2D eigenvalue weighted by atomic mass is 127. The SMILES string of the molecule is CN=C(NCC1CCCO1)NCC(C)c1ccc(C)cc1.I. The predicted octanol–water partition coefficient (Wildman–Crippen LogP) is 3.06. The standard InChI is InChI=1S/C17H27N3O.HI/c1-13-6-8-15(9-7-13)14(2)11-19-17(18-3)20-12-16-5-4-10-21-16;/h6-9,14,16H,4-5,10-12H2,1-3H3,(H2,18,19,20);1H. The molecule has 1 aromatic rings. The van der Waals surface area contributed by atoms with Gasteiger partial charge in [0.2, 0.25) is 0 Å². The van der Waals surface area contributed by atoms with Gasteiger partial charge in [0.15, 0.2) is 5.96 Å². The van der Waals surface area contributed by atoms with E-state index < -0.39 is 0 Å². The van der Waals surface area contributed by atoms with E-state index in [4.69, 9.17) is 4.74 Å². The summed E-state index contributed by atoms with van der Waals surface area (Å²) >= 11 is 0. The van der Waals surface area contributed by atoms with Gasteiger partial charge in [0, 0.05) is 26.7 Å². The molecule has 0 amide bonds. The molecule has 0 saturated carbocycles. The Hall–Kier alpha value is -0.820. The summed E-state index contributed by atoms with van der Waals surface area (Å²) in [7, 11) is 1.81. The Labute approximate surface area is 151 Å². The normalized spacial score (nSPS) is 19.4. The van der Waals surface area contributed by atoms with Crippen LogP contribution in [0.1, 0.15) is 36.8 Å². The summed E-state index contributed by atoms with van der Waals surface area (Å²) in [4.78, 5) is 4.27. The molecule has 2 N–H and O–H groups in total. The van der Waals surface area contributed by atoms with Crippen molar-refractivity contribution in [3.05, 3.63) is 35.4 Å². The lowest BCUT2D eigenvalue weighted by Crippen LogP contribution is -2.42. The fraction of sp³-hybridized carbons (Fsp3) is 0.588. The summed E-state index contributed by atoms with van der Waals surface area (Å²) in [5, 5.41) is 6.73. The van der Waals surface area contributed by atoms with Crippen molar-refractivity contribution in [1.82, 2.24) is 10.6 Å². The van der Waals surface area contributed by atoms with E-state index in [0.717, 1.165) is 32.1 Å². The Balaban J connectivity index is 0.00000242. The van der Waals surface area contributed by atoms with Crippen molar-refractivity contribution in [3.63, 3.8) is 0 Å². The van der Waals surface area contributed by atoms with Gasteiger partial charge in [-0.05, 0) is 31.2 Å². The van der Waals surface area contributed by atoms with Gasteiger partial charge in [0.05, 0.1) is 6.10 Å². The third-order valence-electron chi connectivity index (χ3n) is 3.97. The number of benzene rings is 1. The first-order chi connectivity index (χ1) is 10.2. The number of aryl methyl sites for hydroxylation is 1. The van der Waals surface area contributed by atoms with Crippen LogP contribution in [0.15, 0.2) is 29.3 Å². The van der Waals surface area contributed by atoms with Gasteiger partial charge in [0.1, 0.15) is 0 Å². The molecule has 5 heteroatoms. The summed E-state index contributed by atoms with van der Waals surface area (Å²) in [5.74, 6) is 1.30. The van der Waals surface area contributed by atoms with Crippen LogP contribution in [-0.2, 0) is 4.74 Å². The summed E-state index contributed by atoms with van der Waals surface area (Å²) in [6, 6.07) is 8.72. The molecule has 1 aliphatic rings. The highest BCUT2D eigenvalue weighted by Gasteiger charge is 2.15. The fourth-order valence-corrected chi connectivity index (χ4v) is 2.50. The van der Waals surface area contributed by atoms with Crippen LogP contribution in [0.3, 0.4) is 0 Å². The molecule has 1 aliphatic heterocycles. The third-order valence-corrected chi connectivity index (χ3v) is 3.97. The van der Waals surface area contributed by atoms with Gasteiger partial charge in [-0.1, -0.05) is 36.8 Å². The predicted molar refractivity (Wildman–Crippen MR) is 103 cm³/mol. The van der Waals surface area contributed by atoms with Crippen molar-refractivity contribution in [2.24, 2.45) is 4.99 Å². The molecule has 4 nitrogen and oxygen atoms in total. The molecule has 0 bridgehead atoms. The van der Waals surface area contributed by atoms with Crippen LogP contribution in [0.25, 0.3) is 0 Å². The van der Waals surface area contributed by atoms with E-state index in [1.165, 1.54) is 17.5 Å². The number of rotatable bonds is 5. The third kappa shape index (κ3) is 6.12. The summed E-state index contributed by atoms with van der Waals surface area (Å²) < 4.78 is 5.61. The zero-order valence-electron chi connectivity index (χ0n) is 13.8. The second-order valence-corrected chi connectivity index (χ2v) is 5.78. The van der Waals surface area contributed by atoms with E-state index in [-0.39, 0.29) is 24.0 Å². The Kier molecular flexibility index (Phi) is 8.78.